The number of imide groups is 1. The predicted octanol–water partition coefficient (Wildman–Crippen LogP) is 2.95. The fraction of sp³-hybridized carbons (Fsp3) is 0.650. The van der Waals surface area contributed by atoms with Gasteiger partial charge in [-0.3, -0.25) is 19.7 Å². The highest BCUT2D eigenvalue weighted by Crippen LogP contribution is 2.65. The van der Waals surface area contributed by atoms with E-state index >= 15 is 0 Å². The highest BCUT2D eigenvalue weighted by molar-refractivity contribution is 9.10. The molecule has 27 heavy (non-hydrogen) atoms. The van der Waals surface area contributed by atoms with Gasteiger partial charge in [0.25, 0.3) is 11.8 Å². The number of hydrogen-bond donors (Lipinski definition) is 1. The summed E-state index contributed by atoms with van der Waals surface area (Å²) in [4.78, 5) is 36.4. The number of aryl methyl sites for hydroxylation is 1. The summed E-state index contributed by atoms with van der Waals surface area (Å²) < 4.78 is 7.01. The van der Waals surface area contributed by atoms with Gasteiger partial charge in [0, 0.05) is 17.6 Å². The lowest BCUT2D eigenvalue weighted by Gasteiger charge is -2.60. The van der Waals surface area contributed by atoms with Crippen molar-refractivity contribution in [3.05, 3.63) is 24.0 Å². The van der Waals surface area contributed by atoms with E-state index in [1.54, 1.807) is 29.9 Å². The number of carbonyl (C=O) groups is 3. The number of rotatable bonds is 5. The number of esters is 1. The minimum Gasteiger partial charge on any atom is -0.456 e. The van der Waals surface area contributed by atoms with Crippen molar-refractivity contribution in [2.75, 3.05) is 6.61 Å². The van der Waals surface area contributed by atoms with Crippen LogP contribution in [0.15, 0.2) is 18.3 Å². The molecule has 0 aliphatic heterocycles. The maximum Gasteiger partial charge on any atom is 0.306 e. The van der Waals surface area contributed by atoms with Crippen molar-refractivity contribution in [3.8, 4) is 0 Å². The maximum absolute atomic E-state index is 12.4. The average Bonchev–Trinajstić information content (AvgIpc) is 2.96. The molecule has 0 radical (unpaired) electrons. The average molecular weight is 437 g/mol. The molecule has 0 saturated heterocycles. The van der Waals surface area contributed by atoms with Crippen LogP contribution in [-0.4, -0.2) is 33.3 Å². The molecule has 5 rings (SSSR count). The minimum atomic E-state index is -0.600. The molecule has 1 aromatic heterocycles. The smallest absolute Gasteiger partial charge is 0.306 e. The zero-order valence-electron chi connectivity index (χ0n) is 15.5. The molecule has 4 fully saturated rings. The summed E-state index contributed by atoms with van der Waals surface area (Å²) in [5.41, 5.74) is 0.394. The fourth-order valence-corrected chi connectivity index (χ4v) is 7.48. The second-order valence-electron chi connectivity index (χ2n) is 8.83. The van der Waals surface area contributed by atoms with Crippen LogP contribution in [0.3, 0.4) is 0 Å². The third-order valence-electron chi connectivity index (χ3n) is 6.42. The van der Waals surface area contributed by atoms with Crippen molar-refractivity contribution < 1.29 is 19.1 Å². The highest BCUT2D eigenvalue weighted by atomic mass is 79.9. The molecule has 6 nitrogen and oxygen atoms in total. The van der Waals surface area contributed by atoms with Gasteiger partial charge in [0.05, 0.1) is 6.42 Å². The Kier molecular flexibility index (Phi) is 4.69. The quantitative estimate of drug-likeness (QED) is 0.568. The molecular formula is C20H25BrN2O4. The monoisotopic (exact) mass is 436 g/mol. The van der Waals surface area contributed by atoms with Gasteiger partial charge < -0.3 is 9.30 Å². The summed E-state index contributed by atoms with van der Waals surface area (Å²) in [5.74, 6) is -0.0355. The normalized spacial score (nSPS) is 33.7. The summed E-state index contributed by atoms with van der Waals surface area (Å²) in [6.07, 6.45) is 8.99. The first kappa shape index (κ1) is 18.7. The Morgan fingerprint density at radius 2 is 1.96 bits per heavy atom. The number of nitrogens with zero attached hydrogens (tertiary/aromatic N) is 1. The largest absolute Gasteiger partial charge is 0.456 e. The van der Waals surface area contributed by atoms with E-state index in [-0.39, 0.29) is 15.7 Å². The van der Waals surface area contributed by atoms with Crippen molar-refractivity contribution in [2.24, 2.45) is 24.3 Å². The van der Waals surface area contributed by atoms with Crippen LogP contribution in [0, 0.1) is 17.3 Å². The van der Waals surface area contributed by atoms with E-state index in [0.717, 1.165) is 19.3 Å². The minimum absolute atomic E-state index is 0.0139. The van der Waals surface area contributed by atoms with Gasteiger partial charge in [-0.2, -0.15) is 0 Å². The molecule has 0 aromatic carbocycles. The number of hydrogen-bond acceptors (Lipinski definition) is 4. The van der Waals surface area contributed by atoms with E-state index in [4.69, 9.17) is 4.74 Å². The van der Waals surface area contributed by atoms with Crippen LogP contribution in [0.5, 0.6) is 0 Å². The Bertz CT molecular complexity index is 773. The molecule has 7 heteroatoms. The van der Waals surface area contributed by atoms with Crippen molar-refractivity contribution in [3.63, 3.8) is 0 Å². The Hall–Kier alpha value is -1.63. The molecule has 4 aliphatic rings. The number of carbonyl (C=O) groups excluding carboxylic acids is 3. The van der Waals surface area contributed by atoms with E-state index in [1.165, 1.54) is 19.3 Å². The van der Waals surface area contributed by atoms with Gasteiger partial charge in [-0.05, 0) is 67.9 Å². The summed E-state index contributed by atoms with van der Waals surface area (Å²) in [5, 5.41) is 2.26. The fourth-order valence-electron chi connectivity index (χ4n) is 5.97. The van der Waals surface area contributed by atoms with Crippen LogP contribution < -0.4 is 5.32 Å². The van der Waals surface area contributed by atoms with Gasteiger partial charge >= 0.3 is 5.97 Å². The molecule has 2 amide bonds. The standard InChI is InChI=1S/C20H25BrN2O4/c1-23-4-2-3-15(23)18(26)22-16(24)11-27-17(25)10-19-6-13-5-14(7-19)9-20(21,8-13)12-19/h2-4,13-14H,5-12H2,1H3,(H,22,24,26)/t13-,14+,19?,20?. The first-order valence-electron chi connectivity index (χ1n) is 9.56. The van der Waals surface area contributed by atoms with Gasteiger partial charge in [-0.15, -0.1) is 0 Å². The van der Waals surface area contributed by atoms with Crippen molar-refractivity contribution in [1.82, 2.24) is 9.88 Å². The van der Waals surface area contributed by atoms with Crippen LogP contribution in [0.25, 0.3) is 0 Å². The molecule has 4 saturated carbocycles. The first-order valence-corrected chi connectivity index (χ1v) is 10.4. The van der Waals surface area contributed by atoms with Crippen LogP contribution in [0.4, 0.5) is 0 Å². The van der Waals surface area contributed by atoms with Crippen LogP contribution >= 0.6 is 15.9 Å². The Morgan fingerprint density at radius 3 is 2.56 bits per heavy atom. The number of halogens is 1. The zero-order chi connectivity index (χ0) is 19.2. The van der Waals surface area contributed by atoms with E-state index in [2.05, 4.69) is 21.2 Å². The topological polar surface area (TPSA) is 77.4 Å². The van der Waals surface area contributed by atoms with E-state index < -0.39 is 18.4 Å². The molecular weight excluding hydrogens is 412 g/mol. The lowest BCUT2D eigenvalue weighted by atomic mass is 9.49. The van der Waals surface area contributed by atoms with Crippen molar-refractivity contribution >= 4 is 33.7 Å². The lowest BCUT2D eigenvalue weighted by Crippen LogP contribution is -2.53. The molecule has 1 heterocycles. The van der Waals surface area contributed by atoms with E-state index in [1.807, 2.05) is 0 Å². The van der Waals surface area contributed by atoms with Crippen LogP contribution in [-0.2, 0) is 21.4 Å². The third kappa shape index (κ3) is 3.84. The SMILES string of the molecule is Cn1cccc1C(=O)NC(=O)COC(=O)CC12C[C@@H]3C[C@@H](CC(Br)(C3)C1)C2. The highest BCUT2D eigenvalue weighted by Gasteiger charge is 2.57. The Balaban J connectivity index is 1.28. The number of aromatic nitrogens is 1. The third-order valence-corrected chi connectivity index (χ3v) is 7.35. The number of ether oxygens (including phenoxy) is 1. The van der Waals surface area contributed by atoms with Gasteiger partial charge in [0.2, 0.25) is 0 Å². The van der Waals surface area contributed by atoms with E-state index in [9.17, 15) is 14.4 Å². The van der Waals surface area contributed by atoms with Gasteiger partial charge in [0.1, 0.15) is 5.69 Å². The zero-order valence-corrected chi connectivity index (χ0v) is 17.1. The molecule has 4 aliphatic carbocycles. The van der Waals surface area contributed by atoms with E-state index in [0.29, 0.717) is 24.0 Å². The number of amides is 2. The summed E-state index contributed by atoms with van der Waals surface area (Å²) in [6.45, 7) is -0.419. The van der Waals surface area contributed by atoms with Gasteiger partial charge in [0.15, 0.2) is 6.61 Å². The second-order valence-corrected chi connectivity index (χ2v) is 10.5. The second kappa shape index (κ2) is 6.76. The van der Waals surface area contributed by atoms with Crippen molar-refractivity contribution in [1.29, 1.82) is 0 Å². The molecule has 0 spiro atoms. The predicted molar refractivity (Wildman–Crippen MR) is 102 cm³/mol. The molecule has 1 aromatic rings. The van der Waals surface area contributed by atoms with Crippen LogP contribution in [0.1, 0.15) is 55.4 Å². The van der Waals surface area contributed by atoms with Gasteiger partial charge in [-0.1, -0.05) is 15.9 Å². The summed E-state index contributed by atoms with van der Waals surface area (Å²) >= 11 is 3.94. The molecule has 4 atom stereocenters. The number of alkyl halides is 1. The lowest BCUT2D eigenvalue weighted by molar-refractivity contribution is -0.154. The molecule has 1 N–H and O–H groups in total. The summed E-state index contributed by atoms with van der Waals surface area (Å²) in [6, 6.07) is 3.35. The molecule has 4 bridgehead atoms. The van der Waals surface area contributed by atoms with Crippen molar-refractivity contribution in [2.45, 2.75) is 49.3 Å². The first-order chi connectivity index (χ1) is 12.8. The molecule has 2 unspecified atom stereocenters. The summed E-state index contributed by atoms with van der Waals surface area (Å²) in [7, 11) is 1.72. The maximum atomic E-state index is 12.4. The molecule has 146 valence electrons. The van der Waals surface area contributed by atoms with Crippen LogP contribution in [0.2, 0.25) is 0 Å². The Labute approximate surface area is 167 Å². The van der Waals surface area contributed by atoms with Gasteiger partial charge in [-0.25, -0.2) is 0 Å². The Morgan fingerprint density at radius 1 is 1.26 bits per heavy atom. The number of nitrogens with one attached hydrogen (secondary N) is 1.